The monoisotopic (exact) mass is 258 g/mol. The number of benzene rings is 2. The molecule has 18 heavy (non-hydrogen) atoms. The standard InChI is InChI=1S/C15H14O2S/c1-11-5-7-13(8-6-11)18-14-4-2-3-12(9-14)10-15(16)17/h2-9H,10H2,1H3,(H,16,17). The van der Waals surface area contributed by atoms with Gasteiger partial charge in [-0.25, -0.2) is 0 Å². The number of carboxylic acids is 1. The van der Waals surface area contributed by atoms with Crippen molar-refractivity contribution in [2.75, 3.05) is 0 Å². The average molecular weight is 258 g/mol. The molecule has 2 aromatic carbocycles. The van der Waals surface area contributed by atoms with Gasteiger partial charge in [-0.3, -0.25) is 4.79 Å². The Hall–Kier alpha value is -1.74. The molecule has 0 unspecified atom stereocenters. The lowest BCUT2D eigenvalue weighted by Gasteiger charge is -2.04. The summed E-state index contributed by atoms with van der Waals surface area (Å²) in [6.45, 7) is 2.06. The first-order valence-corrected chi connectivity index (χ1v) is 6.50. The van der Waals surface area contributed by atoms with Gasteiger partial charge in [0, 0.05) is 9.79 Å². The zero-order valence-electron chi connectivity index (χ0n) is 10.1. The SMILES string of the molecule is Cc1ccc(Sc2cccc(CC(=O)O)c2)cc1. The Kier molecular flexibility index (Phi) is 4.05. The van der Waals surface area contributed by atoms with Crippen molar-refractivity contribution in [3.63, 3.8) is 0 Å². The Labute approximate surface area is 111 Å². The fourth-order valence-corrected chi connectivity index (χ4v) is 2.54. The molecular formula is C15H14O2S. The van der Waals surface area contributed by atoms with Crippen LogP contribution in [0.4, 0.5) is 0 Å². The van der Waals surface area contributed by atoms with Gasteiger partial charge in [0.1, 0.15) is 0 Å². The Balaban J connectivity index is 2.13. The summed E-state index contributed by atoms with van der Waals surface area (Å²) < 4.78 is 0. The first-order chi connectivity index (χ1) is 8.63. The molecule has 0 spiro atoms. The van der Waals surface area contributed by atoms with Gasteiger partial charge in [-0.15, -0.1) is 0 Å². The van der Waals surface area contributed by atoms with Gasteiger partial charge in [0.05, 0.1) is 6.42 Å². The van der Waals surface area contributed by atoms with Crippen molar-refractivity contribution in [2.45, 2.75) is 23.1 Å². The summed E-state index contributed by atoms with van der Waals surface area (Å²) in [4.78, 5) is 12.9. The molecule has 0 fully saturated rings. The van der Waals surface area contributed by atoms with Crippen molar-refractivity contribution in [1.29, 1.82) is 0 Å². The third-order valence-electron chi connectivity index (χ3n) is 2.51. The molecule has 0 aliphatic heterocycles. The van der Waals surface area contributed by atoms with Crippen LogP contribution in [-0.4, -0.2) is 11.1 Å². The van der Waals surface area contributed by atoms with Crippen LogP contribution in [0.5, 0.6) is 0 Å². The maximum Gasteiger partial charge on any atom is 0.307 e. The lowest BCUT2D eigenvalue weighted by molar-refractivity contribution is -0.136. The molecule has 92 valence electrons. The van der Waals surface area contributed by atoms with E-state index in [1.54, 1.807) is 11.8 Å². The van der Waals surface area contributed by atoms with Crippen molar-refractivity contribution in [3.8, 4) is 0 Å². The van der Waals surface area contributed by atoms with Crippen LogP contribution in [0.3, 0.4) is 0 Å². The molecule has 0 amide bonds. The van der Waals surface area contributed by atoms with Crippen molar-refractivity contribution in [3.05, 3.63) is 59.7 Å². The van der Waals surface area contributed by atoms with E-state index in [0.29, 0.717) is 0 Å². The van der Waals surface area contributed by atoms with Crippen molar-refractivity contribution >= 4 is 17.7 Å². The fraction of sp³-hybridized carbons (Fsp3) is 0.133. The van der Waals surface area contributed by atoms with E-state index in [0.717, 1.165) is 15.4 Å². The van der Waals surface area contributed by atoms with E-state index in [1.165, 1.54) is 5.56 Å². The van der Waals surface area contributed by atoms with Crippen LogP contribution in [0.1, 0.15) is 11.1 Å². The molecular weight excluding hydrogens is 244 g/mol. The highest BCUT2D eigenvalue weighted by Crippen LogP contribution is 2.28. The molecule has 0 saturated carbocycles. The zero-order chi connectivity index (χ0) is 13.0. The van der Waals surface area contributed by atoms with E-state index >= 15 is 0 Å². The summed E-state index contributed by atoms with van der Waals surface area (Å²) in [5.74, 6) is -0.799. The maximum absolute atomic E-state index is 10.7. The Morgan fingerprint density at radius 2 is 1.83 bits per heavy atom. The molecule has 0 radical (unpaired) electrons. The number of hydrogen-bond acceptors (Lipinski definition) is 2. The topological polar surface area (TPSA) is 37.3 Å². The molecule has 0 aliphatic carbocycles. The van der Waals surface area contributed by atoms with Gasteiger partial charge in [-0.2, -0.15) is 0 Å². The van der Waals surface area contributed by atoms with Crippen molar-refractivity contribution in [2.24, 2.45) is 0 Å². The van der Waals surface area contributed by atoms with Gasteiger partial charge < -0.3 is 5.11 Å². The zero-order valence-corrected chi connectivity index (χ0v) is 10.9. The first kappa shape index (κ1) is 12.7. The molecule has 2 aromatic rings. The average Bonchev–Trinajstić information content (AvgIpc) is 2.32. The second kappa shape index (κ2) is 5.74. The summed E-state index contributed by atoms with van der Waals surface area (Å²) >= 11 is 1.64. The molecule has 0 bridgehead atoms. The van der Waals surface area contributed by atoms with Crippen LogP contribution < -0.4 is 0 Å². The minimum Gasteiger partial charge on any atom is -0.481 e. The highest BCUT2D eigenvalue weighted by molar-refractivity contribution is 7.99. The van der Waals surface area contributed by atoms with Crippen LogP contribution >= 0.6 is 11.8 Å². The van der Waals surface area contributed by atoms with Gasteiger partial charge in [0.25, 0.3) is 0 Å². The smallest absolute Gasteiger partial charge is 0.307 e. The Bertz CT molecular complexity index is 547. The molecule has 0 heterocycles. The second-order valence-electron chi connectivity index (χ2n) is 4.13. The minimum absolute atomic E-state index is 0.0717. The molecule has 0 atom stereocenters. The second-order valence-corrected chi connectivity index (χ2v) is 5.28. The number of hydrogen-bond donors (Lipinski definition) is 1. The molecule has 2 rings (SSSR count). The first-order valence-electron chi connectivity index (χ1n) is 5.69. The third-order valence-corrected chi connectivity index (χ3v) is 3.51. The third kappa shape index (κ3) is 3.64. The van der Waals surface area contributed by atoms with E-state index < -0.39 is 5.97 Å². The molecule has 1 N–H and O–H groups in total. The number of carbonyl (C=O) groups is 1. The lowest BCUT2D eigenvalue weighted by Crippen LogP contribution is -1.99. The van der Waals surface area contributed by atoms with E-state index in [4.69, 9.17) is 5.11 Å². The van der Waals surface area contributed by atoms with Crippen LogP contribution in [0, 0.1) is 6.92 Å². The molecule has 2 nitrogen and oxygen atoms in total. The van der Waals surface area contributed by atoms with Crippen LogP contribution in [0.25, 0.3) is 0 Å². The summed E-state index contributed by atoms with van der Waals surface area (Å²) in [5.41, 5.74) is 2.07. The minimum atomic E-state index is -0.799. The largest absolute Gasteiger partial charge is 0.481 e. The predicted molar refractivity (Wildman–Crippen MR) is 73.1 cm³/mol. The summed E-state index contributed by atoms with van der Waals surface area (Å²) in [6.07, 6.45) is 0.0717. The van der Waals surface area contributed by atoms with Crippen molar-refractivity contribution < 1.29 is 9.90 Å². The van der Waals surface area contributed by atoms with E-state index in [1.807, 2.05) is 24.3 Å². The molecule has 0 aromatic heterocycles. The summed E-state index contributed by atoms with van der Waals surface area (Å²) in [5, 5.41) is 8.77. The normalized spacial score (nSPS) is 10.3. The Morgan fingerprint density at radius 3 is 2.50 bits per heavy atom. The fourth-order valence-electron chi connectivity index (χ4n) is 1.64. The van der Waals surface area contributed by atoms with Crippen molar-refractivity contribution in [1.82, 2.24) is 0 Å². The molecule has 0 aliphatic rings. The van der Waals surface area contributed by atoms with E-state index in [-0.39, 0.29) is 6.42 Å². The van der Waals surface area contributed by atoms with E-state index in [9.17, 15) is 4.79 Å². The Morgan fingerprint density at radius 1 is 1.11 bits per heavy atom. The van der Waals surface area contributed by atoms with Crippen LogP contribution in [0.15, 0.2) is 58.3 Å². The lowest BCUT2D eigenvalue weighted by atomic mass is 10.2. The van der Waals surface area contributed by atoms with Gasteiger partial charge >= 0.3 is 5.97 Å². The number of aryl methyl sites for hydroxylation is 1. The predicted octanol–water partition coefficient (Wildman–Crippen LogP) is 3.77. The number of rotatable bonds is 4. The highest BCUT2D eigenvalue weighted by atomic mass is 32.2. The maximum atomic E-state index is 10.7. The van der Waals surface area contributed by atoms with Gasteiger partial charge in [-0.1, -0.05) is 41.6 Å². The number of carboxylic acid groups (broad SMARTS) is 1. The van der Waals surface area contributed by atoms with Crippen LogP contribution in [0.2, 0.25) is 0 Å². The van der Waals surface area contributed by atoms with E-state index in [2.05, 4.69) is 31.2 Å². The quantitative estimate of drug-likeness (QED) is 0.907. The van der Waals surface area contributed by atoms with Gasteiger partial charge in [0.15, 0.2) is 0 Å². The van der Waals surface area contributed by atoms with Gasteiger partial charge in [-0.05, 0) is 36.8 Å². The number of aliphatic carboxylic acids is 1. The van der Waals surface area contributed by atoms with Gasteiger partial charge in [0.2, 0.25) is 0 Å². The van der Waals surface area contributed by atoms with Crippen LogP contribution in [-0.2, 0) is 11.2 Å². The molecule has 3 heteroatoms. The summed E-state index contributed by atoms with van der Waals surface area (Å²) in [6, 6.07) is 16.0. The molecule has 0 saturated heterocycles. The summed E-state index contributed by atoms with van der Waals surface area (Å²) in [7, 11) is 0. The highest BCUT2D eigenvalue weighted by Gasteiger charge is 2.02.